The molecule has 2 nitrogen and oxygen atoms in total. The van der Waals surface area contributed by atoms with Gasteiger partial charge in [-0.2, -0.15) is 0 Å². The Hall–Kier alpha value is -1.06. The normalized spacial score (nSPS) is 16.8. The number of hydrogen-bond donors (Lipinski definition) is 0. The molecule has 0 radical (unpaired) electrons. The Bertz CT molecular complexity index is 738. The lowest BCUT2D eigenvalue weighted by Gasteiger charge is -2.43. The van der Waals surface area contributed by atoms with Crippen LogP contribution in [0.2, 0.25) is 5.02 Å². The molecule has 0 aliphatic heterocycles. The third-order valence-electron chi connectivity index (χ3n) is 5.39. The highest BCUT2D eigenvalue weighted by atomic mass is 35.5. The van der Waals surface area contributed by atoms with Crippen LogP contribution < -0.4 is 4.80 Å². The average Bonchev–Trinajstić information content (AvgIpc) is 2.97. The highest BCUT2D eigenvalue weighted by Gasteiger charge is 2.42. The highest BCUT2D eigenvalue weighted by Crippen LogP contribution is 2.49. The van der Waals surface area contributed by atoms with Gasteiger partial charge in [-0.05, 0) is 43.4 Å². The molecule has 0 unspecified atom stereocenters. The average molecular weight is 377 g/mol. The first-order valence-corrected chi connectivity index (χ1v) is 10.9. The van der Waals surface area contributed by atoms with Crippen LogP contribution >= 0.6 is 22.9 Å². The fourth-order valence-electron chi connectivity index (χ4n) is 3.69. The summed E-state index contributed by atoms with van der Waals surface area (Å²) in [6, 6.07) is 8.51. The molecule has 3 rings (SSSR count). The molecule has 0 saturated heterocycles. The topological polar surface area (TPSA) is 17.3 Å². The maximum Gasteiger partial charge on any atom is 0.184 e. The summed E-state index contributed by atoms with van der Waals surface area (Å²) in [6.07, 6.45) is 8.55. The van der Waals surface area contributed by atoms with Crippen LogP contribution in [-0.2, 0) is 12.0 Å². The summed E-state index contributed by atoms with van der Waals surface area (Å²) in [7, 11) is 0. The zero-order valence-electron chi connectivity index (χ0n) is 15.4. The summed E-state index contributed by atoms with van der Waals surface area (Å²) < 4.78 is 2.51. The Labute approximate surface area is 160 Å². The first kappa shape index (κ1) is 18.7. The van der Waals surface area contributed by atoms with E-state index in [1.54, 1.807) is 0 Å². The Morgan fingerprint density at radius 2 is 1.84 bits per heavy atom. The van der Waals surface area contributed by atoms with Crippen molar-refractivity contribution in [1.82, 2.24) is 4.57 Å². The molecule has 25 heavy (non-hydrogen) atoms. The van der Waals surface area contributed by atoms with Crippen LogP contribution in [0.4, 0.5) is 0 Å². The first-order chi connectivity index (χ1) is 12.2. The van der Waals surface area contributed by atoms with Crippen LogP contribution in [0.5, 0.6) is 0 Å². The number of thiazole rings is 1. The van der Waals surface area contributed by atoms with E-state index in [1.165, 1.54) is 61.0 Å². The molecule has 1 aromatic heterocycles. The van der Waals surface area contributed by atoms with Crippen molar-refractivity contribution in [2.75, 3.05) is 6.54 Å². The minimum absolute atomic E-state index is 0.160. The van der Waals surface area contributed by atoms with Gasteiger partial charge >= 0.3 is 0 Å². The molecule has 0 spiro atoms. The van der Waals surface area contributed by atoms with E-state index < -0.39 is 0 Å². The third-order valence-corrected chi connectivity index (χ3v) is 6.54. The van der Waals surface area contributed by atoms with Gasteiger partial charge in [-0.25, -0.2) is 0 Å². The van der Waals surface area contributed by atoms with Gasteiger partial charge < -0.3 is 4.57 Å². The number of aromatic nitrogens is 1. The van der Waals surface area contributed by atoms with Gasteiger partial charge in [0, 0.05) is 34.6 Å². The van der Waals surface area contributed by atoms with Crippen molar-refractivity contribution in [3.63, 3.8) is 0 Å². The van der Waals surface area contributed by atoms with E-state index in [4.69, 9.17) is 16.6 Å². The quantitative estimate of drug-likeness (QED) is 0.490. The number of nitrogens with zero attached hydrogens (tertiary/aromatic N) is 2. The molecule has 2 aromatic rings. The van der Waals surface area contributed by atoms with Crippen molar-refractivity contribution in [2.24, 2.45) is 4.99 Å². The van der Waals surface area contributed by atoms with E-state index in [0.717, 1.165) is 18.1 Å². The van der Waals surface area contributed by atoms with Gasteiger partial charge in [-0.15, -0.1) is 11.3 Å². The van der Waals surface area contributed by atoms with Gasteiger partial charge in [0.05, 0.1) is 0 Å². The fourth-order valence-corrected chi connectivity index (χ4v) is 4.87. The van der Waals surface area contributed by atoms with Gasteiger partial charge in [0.15, 0.2) is 4.80 Å². The minimum Gasteiger partial charge on any atom is -0.320 e. The van der Waals surface area contributed by atoms with Crippen molar-refractivity contribution in [1.29, 1.82) is 0 Å². The Morgan fingerprint density at radius 1 is 1.12 bits per heavy atom. The van der Waals surface area contributed by atoms with Crippen LogP contribution in [0.25, 0.3) is 0 Å². The smallest absolute Gasteiger partial charge is 0.184 e. The Morgan fingerprint density at radius 3 is 2.44 bits per heavy atom. The molecule has 1 aliphatic rings. The molecule has 1 saturated carbocycles. The number of unbranched alkanes of at least 4 members (excludes halogenated alkanes) is 2. The van der Waals surface area contributed by atoms with Crippen LogP contribution in [0.15, 0.2) is 34.6 Å². The lowest BCUT2D eigenvalue weighted by atomic mass is 9.62. The third kappa shape index (κ3) is 3.88. The summed E-state index contributed by atoms with van der Waals surface area (Å²) >= 11 is 7.95. The van der Waals surface area contributed by atoms with Gasteiger partial charge in [0.2, 0.25) is 0 Å². The largest absolute Gasteiger partial charge is 0.320 e. The number of rotatable bonds is 8. The summed E-state index contributed by atoms with van der Waals surface area (Å²) in [5.74, 6) is 0. The number of halogens is 1. The summed E-state index contributed by atoms with van der Waals surface area (Å²) in [6.45, 7) is 6.51. The second-order valence-electron chi connectivity index (χ2n) is 7.09. The van der Waals surface area contributed by atoms with E-state index in [-0.39, 0.29) is 5.41 Å². The molecule has 4 heteroatoms. The van der Waals surface area contributed by atoms with Crippen LogP contribution in [0, 0.1) is 0 Å². The second kappa shape index (κ2) is 8.55. The van der Waals surface area contributed by atoms with E-state index in [1.807, 2.05) is 23.5 Å². The Kier molecular flexibility index (Phi) is 6.40. The lowest BCUT2D eigenvalue weighted by molar-refractivity contribution is 0.281. The molecule has 1 heterocycles. The molecule has 1 aliphatic carbocycles. The van der Waals surface area contributed by atoms with Gasteiger partial charge in [0.25, 0.3) is 0 Å². The molecular weight excluding hydrogens is 348 g/mol. The summed E-state index contributed by atoms with van der Waals surface area (Å²) in [5.41, 5.74) is 3.04. The molecule has 1 fully saturated rings. The highest BCUT2D eigenvalue weighted by molar-refractivity contribution is 7.07. The zero-order valence-corrected chi connectivity index (χ0v) is 17.0. The predicted molar refractivity (Wildman–Crippen MR) is 109 cm³/mol. The van der Waals surface area contributed by atoms with Crippen molar-refractivity contribution in [2.45, 2.75) is 70.8 Å². The van der Waals surface area contributed by atoms with Gasteiger partial charge in [-0.1, -0.05) is 56.8 Å². The maximum absolute atomic E-state index is 6.13. The van der Waals surface area contributed by atoms with Crippen LogP contribution in [0.1, 0.15) is 70.1 Å². The minimum atomic E-state index is 0.160. The van der Waals surface area contributed by atoms with Crippen molar-refractivity contribution >= 4 is 22.9 Å². The van der Waals surface area contributed by atoms with Crippen molar-refractivity contribution in [3.8, 4) is 0 Å². The van der Waals surface area contributed by atoms with E-state index >= 15 is 0 Å². The van der Waals surface area contributed by atoms with Crippen LogP contribution in [0.3, 0.4) is 0 Å². The van der Waals surface area contributed by atoms with Gasteiger partial charge in [0.1, 0.15) is 0 Å². The zero-order chi connectivity index (χ0) is 17.7. The monoisotopic (exact) mass is 376 g/mol. The molecule has 1 aromatic carbocycles. The number of hydrogen-bond acceptors (Lipinski definition) is 2. The molecule has 0 bridgehead atoms. The number of benzene rings is 1. The lowest BCUT2D eigenvalue weighted by Crippen LogP contribution is -2.39. The molecule has 136 valence electrons. The molecule has 0 amide bonds. The molecular formula is C21H29ClN2S. The predicted octanol–water partition coefficient (Wildman–Crippen LogP) is 6.17. The second-order valence-corrected chi connectivity index (χ2v) is 8.36. The van der Waals surface area contributed by atoms with Crippen LogP contribution in [-0.4, -0.2) is 11.1 Å². The van der Waals surface area contributed by atoms with E-state index in [0.29, 0.717) is 0 Å². The van der Waals surface area contributed by atoms with E-state index in [9.17, 15) is 0 Å². The van der Waals surface area contributed by atoms with Crippen molar-refractivity contribution < 1.29 is 0 Å². The molecule has 0 N–H and O–H groups in total. The van der Waals surface area contributed by atoms with Gasteiger partial charge in [-0.3, -0.25) is 4.99 Å². The van der Waals surface area contributed by atoms with Crippen molar-refractivity contribution in [3.05, 3.63) is 50.7 Å². The molecule has 0 atom stereocenters. The SMILES string of the molecule is CCCC/N=c1/scc(C2(c3ccc(Cl)cc3)CCC2)n1CCCC. The summed E-state index contributed by atoms with van der Waals surface area (Å²) in [5, 5.41) is 3.19. The summed E-state index contributed by atoms with van der Waals surface area (Å²) in [4.78, 5) is 6.12. The Balaban J connectivity index is 2.01. The van der Waals surface area contributed by atoms with E-state index in [2.05, 4.69) is 35.9 Å². The first-order valence-electron chi connectivity index (χ1n) is 9.66. The fraction of sp³-hybridized carbons (Fsp3) is 0.571. The maximum atomic E-state index is 6.13. The standard InChI is InChI=1S/C21H29ClN2S/c1-3-5-14-23-20-24(15-6-4-2)19(16-25-20)21(12-7-13-21)17-8-10-18(22)11-9-17/h8-11,16H,3-7,12-15H2,1-2H3/b23-20+.